The van der Waals surface area contributed by atoms with Gasteiger partial charge in [-0.3, -0.25) is 4.79 Å². The highest BCUT2D eigenvalue weighted by molar-refractivity contribution is 5.98. The second kappa shape index (κ2) is 14.0. The molecule has 7 nitrogen and oxygen atoms in total. The fourth-order valence-corrected chi connectivity index (χ4v) is 5.64. The Kier molecular flexibility index (Phi) is 10.4. The van der Waals surface area contributed by atoms with Crippen LogP contribution in [-0.2, 0) is 4.74 Å². The number of amides is 1. The number of rotatable bonds is 10. The number of carbonyl (C=O) groups is 1. The highest BCUT2D eigenvalue weighted by atomic mass is 16.5. The lowest BCUT2D eigenvalue weighted by Gasteiger charge is -2.37. The predicted octanol–water partition coefficient (Wildman–Crippen LogP) is 5.74. The fraction of sp³-hybridized carbons (Fsp3) is 0.667. The van der Waals surface area contributed by atoms with Gasteiger partial charge in [-0.05, 0) is 71.0 Å². The standard InChI is InChI=1S/C30H45N3O4/c1-22(2)33(23-12-10-17-31-21-23)30(34)26-20-28(36-19-11-18-35-3)25-15-9-16-27(29(25)32-26)37-24-13-7-5-4-6-8-14-24/h9,15-16,20,22-24,31H,4-8,10-14,17-19,21H2,1-3H3/t23-/m1/s1. The van der Waals surface area contributed by atoms with Crippen molar-refractivity contribution in [3.05, 3.63) is 30.0 Å². The molecule has 7 heteroatoms. The molecule has 1 saturated heterocycles. The van der Waals surface area contributed by atoms with E-state index >= 15 is 0 Å². The number of nitrogens with zero attached hydrogens (tertiary/aromatic N) is 2. The van der Waals surface area contributed by atoms with Crippen molar-refractivity contribution in [2.75, 3.05) is 33.4 Å². The van der Waals surface area contributed by atoms with Crippen molar-refractivity contribution in [3.63, 3.8) is 0 Å². The summed E-state index contributed by atoms with van der Waals surface area (Å²) in [5.41, 5.74) is 1.13. The van der Waals surface area contributed by atoms with Crippen LogP contribution in [0, 0.1) is 0 Å². The van der Waals surface area contributed by atoms with E-state index in [4.69, 9.17) is 19.2 Å². The Balaban J connectivity index is 1.69. The number of carbonyl (C=O) groups excluding carboxylic acids is 1. The third kappa shape index (κ3) is 7.35. The van der Waals surface area contributed by atoms with Gasteiger partial charge in [0.15, 0.2) is 0 Å². The first-order valence-electron chi connectivity index (χ1n) is 14.3. The minimum atomic E-state index is -0.0481. The summed E-state index contributed by atoms with van der Waals surface area (Å²) in [4.78, 5) is 20.9. The summed E-state index contributed by atoms with van der Waals surface area (Å²) in [7, 11) is 1.69. The first-order valence-corrected chi connectivity index (χ1v) is 14.3. The van der Waals surface area contributed by atoms with Crippen molar-refractivity contribution < 1.29 is 19.0 Å². The quantitative estimate of drug-likeness (QED) is 0.410. The summed E-state index contributed by atoms with van der Waals surface area (Å²) in [6.45, 7) is 7.12. The molecule has 2 fully saturated rings. The van der Waals surface area contributed by atoms with Gasteiger partial charge in [0.2, 0.25) is 0 Å². The van der Waals surface area contributed by atoms with E-state index < -0.39 is 0 Å². The van der Waals surface area contributed by atoms with E-state index in [9.17, 15) is 4.79 Å². The molecule has 0 radical (unpaired) electrons. The molecule has 4 rings (SSSR count). The Bertz CT molecular complexity index is 998. The molecule has 1 atom stereocenters. The number of nitrogens with one attached hydrogen (secondary N) is 1. The van der Waals surface area contributed by atoms with E-state index in [2.05, 4.69) is 19.2 Å². The number of pyridine rings is 1. The molecule has 0 spiro atoms. The molecule has 2 aromatic rings. The number of para-hydroxylation sites is 1. The maximum atomic E-state index is 14.0. The van der Waals surface area contributed by atoms with Crippen LogP contribution >= 0.6 is 0 Å². The molecular weight excluding hydrogens is 466 g/mol. The zero-order chi connectivity index (χ0) is 26.0. The monoisotopic (exact) mass is 511 g/mol. The van der Waals surface area contributed by atoms with Gasteiger partial charge in [-0.15, -0.1) is 0 Å². The molecule has 1 aromatic carbocycles. The molecule has 204 valence electrons. The second-order valence-corrected chi connectivity index (χ2v) is 10.7. The Morgan fingerprint density at radius 3 is 2.54 bits per heavy atom. The number of aromatic nitrogens is 1. The van der Waals surface area contributed by atoms with Crippen LogP contribution < -0.4 is 14.8 Å². The van der Waals surface area contributed by atoms with Gasteiger partial charge in [-0.25, -0.2) is 4.98 Å². The fourth-order valence-electron chi connectivity index (χ4n) is 5.64. The number of methoxy groups -OCH3 is 1. The van der Waals surface area contributed by atoms with Crippen molar-refractivity contribution in [1.29, 1.82) is 0 Å². The van der Waals surface area contributed by atoms with Gasteiger partial charge in [0.25, 0.3) is 5.91 Å². The summed E-state index contributed by atoms with van der Waals surface area (Å²) in [6.07, 6.45) is 11.4. The average molecular weight is 512 g/mol. The average Bonchev–Trinajstić information content (AvgIpc) is 2.88. The lowest BCUT2D eigenvalue weighted by Crippen LogP contribution is -2.51. The summed E-state index contributed by atoms with van der Waals surface area (Å²) in [5, 5.41) is 4.33. The van der Waals surface area contributed by atoms with E-state index in [1.807, 2.05) is 29.2 Å². The van der Waals surface area contributed by atoms with E-state index in [1.165, 1.54) is 32.1 Å². The van der Waals surface area contributed by atoms with Crippen LogP contribution in [0.1, 0.15) is 88.5 Å². The van der Waals surface area contributed by atoms with Gasteiger partial charge >= 0.3 is 0 Å². The molecule has 0 unspecified atom stereocenters. The first kappa shape index (κ1) is 27.6. The topological polar surface area (TPSA) is 72.9 Å². The van der Waals surface area contributed by atoms with E-state index in [1.54, 1.807) is 7.11 Å². The molecule has 2 heterocycles. The summed E-state index contributed by atoms with van der Waals surface area (Å²) < 4.78 is 18.0. The van der Waals surface area contributed by atoms with Crippen molar-refractivity contribution >= 4 is 16.8 Å². The lowest BCUT2D eigenvalue weighted by atomic mass is 9.98. The van der Waals surface area contributed by atoms with E-state index in [0.29, 0.717) is 30.2 Å². The molecule has 2 aliphatic rings. The number of hydrogen-bond acceptors (Lipinski definition) is 6. The second-order valence-electron chi connectivity index (χ2n) is 10.7. The maximum Gasteiger partial charge on any atom is 0.273 e. The molecule has 37 heavy (non-hydrogen) atoms. The zero-order valence-electron chi connectivity index (χ0n) is 23.0. The highest BCUT2D eigenvalue weighted by Crippen LogP contribution is 2.34. The minimum absolute atomic E-state index is 0.0481. The van der Waals surface area contributed by atoms with Gasteiger partial charge in [-0.1, -0.05) is 25.3 Å². The Labute approximate surface area is 222 Å². The molecule has 1 N–H and O–H groups in total. The lowest BCUT2D eigenvalue weighted by molar-refractivity contribution is 0.0567. The maximum absolute atomic E-state index is 14.0. The number of piperidine rings is 1. The molecule has 0 bridgehead atoms. The molecule has 1 amide bonds. The largest absolute Gasteiger partial charge is 0.493 e. The van der Waals surface area contributed by atoms with Crippen molar-refractivity contribution in [1.82, 2.24) is 15.2 Å². The first-order chi connectivity index (χ1) is 18.1. The van der Waals surface area contributed by atoms with Crippen LogP contribution in [0.4, 0.5) is 0 Å². The summed E-state index contributed by atoms with van der Waals surface area (Å²) >= 11 is 0. The summed E-state index contributed by atoms with van der Waals surface area (Å²) in [6, 6.07) is 8.05. The zero-order valence-corrected chi connectivity index (χ0v) is 23.0. The van der Waals surface area contributed by atoms with Crippen LogP contribution in [0.15, 0.2) is 24.3 Å². The molecule has 1 aliphatic carbocycles. The Morgan fingerprint density at radius 1 is 1.05 bits per heavy atom. The van der Waals surface area contributed by atoms with Crippen LogP contribution in [0.5, 0.6) is 11.5 Å². The number of hydrogen-bond donors (Lipinski definition) is 1. The molecular formula is C30H45N3O4. The smallest absolute Gasteiger partial charge is 0.273 e. The molecule has 1 saturated carbocycles. The van der Waals surface area contributed by atoms with Gasteiger partial charge in [-0.2, -0.15) is 0 Å². The normalized spacial score (nSPS) is 19.4. The SMILES string of the molecule is COCCCOc1cc(C(=O)N(C(C)C)[C@@H]2CCCNC2)nc2c(OC3CCCCCCC3)cccc12. The Morgan fingerprint density at radius 2 is 1.84 bits per heavy atom. The third-order valence-electron chi connectivity index (χ3n) is 7.53. The van der Waals surface area contributed by atoms with Gasteiger partial charge in [0.1, 0.15) is 22.7 Å². The van der Waals surface area contributed by atoms with Crippen molar-refractivity contribution in [3.8, 4) is 11.5 Å². The highest BCUT2D eigenvalue weighted by Gasteiger charge is 2.30. The van der Waals surface area contributed by atoms with E-state index in [-0.39, 0.29) is 24.1 Å². The molecule has 1 aliphatic heterocycles. The Hall–Kier alpha value is -2.38. The third-order valence-corrected chi connectivity index (χ3v) is 7.53. The van der Waals surface area contributed by atoms with Gasteiger partial charge < -0.3 is 24.4 Å². The summed E-state index contributed by atoms with van der Waals surface area (Å²) in [5.74, 6) is 1.38. The van der Waals surface area contributed by atoms with Gasteiger partial charge in [0.05, 0.1) is 12.7 Å². The number of fused-ring (bicyclic) bond motifs is 1. The number of ether oxygens (including phenoxy) is 3. The number of benzene rings is 1. The van der Waals surface area contributed by atoms with Crippen LogP contribution in [0.3, 0.4) is 0 Å². The van der Waals surface area contributed by atoms with E-state index in [0.717, 1.165) is 56.3 Å². The van der Waals surface area contributed by atoms with Crippen LogP contribution in [0.2, 0.25) is 0 Å². The van der Waals surface area contributed by atoms with Crippen LogP contribution in [0.25, 0.3) is 10.9 Å². The molecule has 1 aromatic heterocycles. The van der Waals surface area contributed by atoms with Crippen molar-refractivity contribution in [2.24, 2.45) is 0 Å². The van der Waals surface area contributed by atoms with Crippen LogP contribution in [-0.4, -0.2) is 67.4 Å². The van der Waals surface area contributed by atoms with Gasteiger partial charge in [0, 0.05) is 50.2 Å². The predicted molar refractivity (Wildman–Crippen MR) is 148 cm³/mol. The minimum Gasteiger partial charge on any atom is -0.493 e. The van der Waals surface area contributed by atoms with Crippen molar-refractivity contribution in [2.45, 2.75) is 96.2 Å².